The van der Waals surface area contributed by atoms with Crippen LogP contribution in [0.25, 0.3) is 0 Å². The molecule has 0 radical (unpaired) electrons. The van der Waals surface area contributed by atoms with Gasteiger partial charge in [0.15, 0.2) is 11.5 Å². The predicted molar refractivity (Wildman–Crippen MR) is 98.6 cm³/mol. The molecule has 1 aromatic carbocycles. The number of ether oxygens (including phenoxy) is 2. The Balaban J connectivity index is 1.51. The number of rotatable bonds is 5. The van der Waals surface area contributed by atoms with Crippen LogP contribution >= 0.6 is 0 Å². The number of fused-ring (bicyclic) bond motifs is 1. The number of benzene rings is 1. The lowest BCUT2D eigenvalue weighted by atomic mass is 9.92. The predicted octanol–water partition coefficient (Wildman–Crippen LogP) is 2.44. The minimum atomic E-state index is 0.195. The number of aromatic nitrogens is 2. The summed E-state index contributed by atoms with van der Waals surface area (Å²) >= 11 is 0. The Morgan fingerprint density at radius 1 is 1.23 bits per heavy atom. The summed E-state index contributed by atoms with van der Waals surface area (Å²) in [6, 6.07) is 6.43. The Bertz CT molecular complexity index is 759. The van der Waals surface area contributed by atoms with Crippen LogP contribution in [0.4, 0.5) is 0 Å². The SMILES string of the molecule is CC(C)n1cc([C@@H]2CN(Cc3cccc4c3OCCO4)C[C@H]2CO)cn1. The molecule has 1 aromatic heterocycles. The minimum absolute atomic E-state index is 0.195. The molecule has 0 spiro atoms. The summed E-state index contributed by atoms with van der Waals surface area (Å²) < 4.78 is 13.5. The van der Waals surface area contributed by atoms with Crippen molar-refractivity contribution >= 4 is 0 Å². The van der Waals surface area contributed by atoms with Crippen LogP contribution in [0.3, 0.4) is 0 Å². The molecule has 1 N–H and O–H groups in total. The van der Waals surface area contributed by atoms with Crippen LogP contribution in [0.2, 0.25) is 0 Å². The fourth-order valence-corrected chi connectivity index (χ4v) is 3.98. The van der Waals surface area contributed by atoms with Crippen LogP contribution < -0.4 is 9.47 Å². The molecule has 0 aliphatic carbocycles. The zero-order chi connectivity index (χ0) is 18.1. The second kappa shape index (κ2) is 7.29. The monoisotopic (exact) mass is 357 g/mol. The van der Waals surface area contributed by atoms with E-state index in [0.717, 1.165) is 36.7 Å². The smallest absolute Gasteiger partial charge is 0.165 e. The summed E-state index contributed by atoms with van der Waals surface area (Å²) in [6.07, 6.45) is 4.08. The third-order valence-electron chi connectivity index (χ3n) is 5.37. The van der Waals surface area contributed by atoms with Gasteiger partial charge in [0.2, 0.25) is 0 Å². The fourth-order valence-electron chi connectivity index (χ4n) is 3.98. The molecule has 2 aromatic rings. The molecule has 2 atom stereocenters. The first-order valence-electron chi connectivity index (χ1n) is 9.40. The lowest BCUT2D eigenvalue weighted by Gasteiger charge is -2.23. The maximum atomic E-state index is 9.89. The zero-order valence-corrected chi connectivity index (χ0v) is 15.5. The van der Waals surface area contributed by atoms with E-state index in [1.807, 2.05) is 23.0 Å². The molecule has 3 heterocycles. The van der Waals surface area contributed by atoms with E-state index in [2.05, 4.69) is 36.1 Å². The lowest BCUT2D eigenvalue weighted by molar-refractivity contribution is 0.167. The van der Waals surface area contributed by atoms with E-state index in [1.54, 1.807) is 0 Å². The summed E-state index contributed by atoms with van der Waals surface area (Å²) in [6.45, 7) is 8.25. The van der Waals surface area contributed by atoms with Crippen LogP contribution in [-0.2, 0) is 6.54 Å². The highest BCUT2D eigenvalue weighted by Gasteiger charge is 2.34. The molecule has 0 bridgehead atoms. The molecular weight excluding hydrogens is 330 g/mol. The second-order valence-corrected chi connectivity index (χ2v) is 7.53. The van der Waals surface area contributed by atoms with E-state index in [4.69, 9.17) is 9.47 Å². The summed E-state index contributed by atoms with van der Waals surface area (Å²) in [5, 5.41) is 14.4. The van der Waals surface area contributed by atoms with Crippen LogP contribution in [0.5, 0.6) is 11.5 Å². The van der Waals surface area contributed by atoms with Crippen molar-refractivity contribution in [2.45, 2.75) is 32.4 Å². The minimum Gasteiger partial charge on any atom is -0.486 e. The maximum Gasteiger partial charge on any atom is 0.165 e. The van der Waals surface area contributed by atoms with Gasteiger partial charge >= 0.3 is 0 Å². The Morgan fingerprint density at radius 2 is 2.08 bits per heavy atom. The van der Waals surface area contributed by atoms with Gasteiger partial charge < -0.3 is 14.6 Å². The third-order valence-corrected chi connectivity index (χ3v) is 5.37. The standard InChI is InChI=1S/C20H27N3O3/c1-14(2)23-11-16(8-21-23)18-12-22(10-17(18)13-24)9-15-4-3-5-19-20(15)26-7-6-25-19/h3-5,8,11,14,17-18,24H,6-7,9-10,12-13H2,1-2H3/t17-,18-/m0/s1. The first-order chi connectivity index (χ1) is 12.7. The van der Waals surface area contributed by atoms with E-state index < -0.39 is 0 Å². The van der Waals surface area contributed by atoms with Crippen molar-refractivity contribution in [1.29, 1.82) is 0 Å². The Labute approximate surface area is 154 Å². The van der Waals surface area contributed by atoms with Gasteiger partial charge in [-0.2, -0.15) is 5.10 Å². The van der Waals surface area contributed by atoms with E-state index in [-0.39, 0.29) is 12.5 Å². The largest absolute Gasteiger partial charge is 0.486 e. The Morgan fingerprint density at radius 3 is 2.85 bits per heavy atom. The van der Waals surface area contributed by atoms with Gasteiger partial charge in [-0.05, 0) is 25.5 Å². The average molecular weight is 357 g/mol. The summed E-state index contributed by atoms with van der Waals surface area (Å²) in [7, 11) is 0. The molecule has 2 aliphatic heterocycles. The van der Waals surface area contributed by atoms with Crippen LogP contribution in [-0.4, -0.2) is 52.7 Å². The highest BCUT2D eigenvalue weighted by atomic mass is 16.6. The molecule has 140 valence electrons. The Kier molecular flexibility index (Phi) is 4.87. The van der Waals surface area contributed by atoms with Crippen LogP contribution in [0.15, 0.2) is 30.6 Å². The van der Waals surface area contributed by atoms with E-state index >= 15 is 0 Å². The van der Waals surface area contributed by atoms with Crippen molar-refractivity contribution in [2.75, 3.05) is 32.9 Å². The van der Waals surface area contributed by atoms with Crippen LogP contribution in [0, 0.1) is 5.92 Å². The third kappa shape index (κ3) is 3.31. The number of hydrogen-bond donors (Lipinski definition) is 1. The van der Waals surface area contributed by atoms with Gasteiger partial charge in [-0.1, -0.05) is 12.1 Å². The molecule has 4 rings (SSSR count). The van der Waals surface area contributed by atoms with Gasteiger partial charge in [0.25, 0.3) is 0 Å². The average Bonchev–Trinajstić information content (AvgIpc) is 3.28. The molecule has 0 saturated carbocycles. The van der Waals surface area contributed by atoms with Crippen molar-refractivity contribution in [3.8, 4) is 11.5 Å². The van der Waals surface area contributed by atoms with Crippen molar-refractivity contribution in [3.63, 3.8) is 0 Å². The van der Waals surface area contributed by atoms with E-state index in [1.165, 1.54) is 5.56 Å². The topological polar surface area (TPSA) is 59.8 Å². The van der Waals surface area contributed by atoms with Gasteiger partial charge in [0, 0.05) is 55.9 Å². The van der Waals surface area contributed by atoms with Crippen molar-refractivity contribution < 1.29 is 14.6 Å². The maximum absolute atomic E-state index is 9.89. The second-order valence-electron chi connectivity index (χ2n) is 7.53. The molecule has 0 unspecified atom stereocenters. The molecule has 2 aliphatic rings. The molecular formula is C20H27N3O3. The van der Waals surface area contributed by atoms with Crippen molar-refractivity contribution in [3.05, 3.63) is 41.7 Å². The summed E-state index contributed by atoms with van der Waals surface area (Å²) in [5.74, 6) is 2.25. The van der Waals surface area contributed by atoms with Crippen molar-refractivity contribution in [1.82, 2.24) is 14.7 Å². The molecule has 26 heavy (non-hydrogen) atoms. The van der Waals surface area contributed by atoms with Gasteiger partial charge in [0.05, 0.1) is 6.20 Å². The van der Waals surface area contributed by atoms with Gasteiger partial charge in [-0.15, -0.1) is 0 Å². The highest BCUT2D eigenvalue weighted by Crippen LogP contribution is 2.37. The van der Waals surface area contributed by atoms with Crippen LogP contribution in [0.1, 0.15) is 36.9 Å². The molecule has 1 fully saturated rings. The van der Waals surface area contributed by atoms with Gasteiger partial charge in [-0.25, -0.2) is 0 Å². The lowest BCUT2D eigenvalue weighted by Crippen LogP contribution is -2.23. The quantitative estimate of drug-likeness (QED) is 0.891. The first-order valence-corrected chi connectivity index (χ1v) is 9.40. The highest BCUT2D eigenvalue weighted by molar-refractivity contribution is 5.47. The van der Waals surface area contributed by atoms with Crippen molar-refractivity contribution in [2.24, 2.45) is 5.92 Å². The van der Waals surface area contributed by atoms with E-state index in [0.29, 0.717) is 25.2 Å². The number of nitrogens with zero attached hydrogens (tertiary/aromatic N) is 3. The molecule has 6 heteroatoms. The van der Waals surface area contributed by atoms with E-state index in [9.17, 15) is 5.11 Å². The first kappa shape index (κ1) is 17.4. The Hall–Kier alpha value is -2.05. The normalized spacial score (nSPS) is 22.9. The molecule has 0 amide bonds. The fraction of sp³-hybridized carbons (Fsp3) is 0.550. The number of aliphatic hydroxyl groups excluding tert-OH is 1. The molecule has 1 saturated heterocycles. The number of para-hydroxylation sites is 1. The number of hydrogen-bond acceptors (Lipinski definition) is 5. The summed E-state index contributed by atoms with van der Waals surface area (Å²) in [4.78, 5) is 2.39. The zero-order valence-electron chi connectivity index (χ0n) is 15.5. The number of aliphatic hydroxyl groups is 1. The summed E-state index contributed by atoms with van der Waals surface area (Å²) in [5.41, 5.74) is 2.37. The van der Waals surface area contributed by atoms with Gasteiger partial charge in [0.1, 0.15) is 13.2 Å². The number of likely N-dealkylation sites (tertiary alicyclic amines) is 1. The van der Waals surface area contributed by atoms with Gasteiger partial charge in [-0.3, -0.25) is 9.58 Å². The molecule has 6 nitrogen and oxygen atoms in total.